The standard InChI is InChI=1S/C25H34N8O/c1-16(2)23-20-14-17(4-7-22(20)31-32(23)3)21-8-9-27-24(30-21)28-18-5-6-19(15-18)29-25(34)33-12-10-26-11-13-33/h4,7-9,14,16,18-19,26H,5-6,10-13,15H2,1-3H3,(H,29,34)(H,27,28,30)/t18-,19-/m0/s1. The van der Waals surface area contributed by atoms with E-state index in [9.17, 15) is 4.79 Å². The summed E-state index contributed by atoms with van der Waals surface area (Å²) in [6.45, 7) is 7.65. The number of piperazine rings is 1. The Bertz CT molecular complexity index is 1170. The molecule has 0 bridgehead atoms. The summed E-state index contributed by atoms with van der Waals surface area (Å²) in [7, 11) is 2.00. The van der Waals surface area contributed by atoms with Crippen molar-refractivity contribution in [3.8, 4) is 11.3 Å². The molecule has 3 N–H and O–H groups in total. The number of anilines is 1. The van der Waals surface area contributed by atoms with E-state index in [2.05, 4.69) is 58.1 Å². The zero-order valence-electron chi connectivity index (χ0n) is 20.2. The lowest BCUT2D eigenvalue weighted by atomic mass is 10.0. The van der Waals surface area contributed by atoms with Gasteiger partial charge in [-0.3, -0.25) is 4.68 Å². The van der Waals surface area contributed by atoms with Crippen LogP contribution in [0.4, 0.5) is 10.7 Å². The third-order valence-corrected chi connectivity index (χ3v) is 6.87. The minimum absolute atomic E-state index is 0.0527. The summed E-state index contributed by atoms with van der Waals surface area (Å²) < 4.78 is 1.98. The first-order valence-electron chi connectivity index (χ1n) is 12.3. The van der Waals surface area contributed by atoms with E-state index >= 15 is 0 Å². The van der Waals surface area contributed by atoms with Gasteiger partial charge in [-0.1, -0.05) is 19.9 Å². The first kappa shape index (κ1) is 22.6. The third kappa shape index (κ3) is 4.70. The lowest BCUT2D eigenvalue weighted by Crippen LogP contribution is -2.52. The van der Waals surface area contributed by atoms with Crippen LogP contribution >= 0.6 is 0 Å². The summed E-state index contributed by atoms with van der Waals surface area (Å²) in [6, 6.07) is 8.75. The molecular weight excluding hydrogens is 428 g/mol. The second-order valence-electron chi connectivity index (χ2n) is 9.70. The van der Waals surface area contributed by atoms with Crippen LogP contribution in [-0.2, 0) is 7.05 Å². The van der Waals surface area contributed by atoms with E-state index in [1.807, 2.05) is 22.7 Å². The molecule has 9 nitrogen and oxygen atoms in total. The predicted molar refractivity (Wildman–Crippen MR) is 134 cm³/mol. The number of rotatable bonds is 5. The Kier molecular flexibility index (Phi) is 6.36. The van der Waals surface area contributed by atoms with Crippen LogP contribution in [0.25, 0.3) is 22.2 Å². The van der Waals surface area contributed by atoms with E-state index in [-0.39, 0.29) is 18.1 Å². The topological polar surface area (TPSA) is 100 Å². The molecule has 2 atom stereocenters. The summed E-state index contributed by atoms with van der Waals surface area (Å²) in [5, 5.41) is 15.8. The number of urea groups is 1. The van der Waals surface area contributed by atoms with Gasteiger partial charge in [-0.05, 0) is 43.4 Å². The Morgan fingerprint density at radius 3 is 2.74 bits per heavy atom. The number of amides is 2. The van der Waals surface area contributed by atoms with E-state index in [0.29, 0.717) is 11.9 Å². The van der Waals surface area contributed by atoms with Gasteiger partial charge in [-0.2, -0.15) is 5.10 Å². The normalized spacial score (nSPS) is 20.8. The second-order valence-corrected chi connectivity index (χ2v) is 9.70. The van der Waals surface area contributed by atoms with Gasteiger partial charge in [0, 0.05) is 68.2 Å². The SMILES string of the molecule is CC(C)c1c2cc(-c3ccnc(N[C@H]4CC[C@H](NC(=O)N5CCNCC5)C4)n3)ccc2nn1C. The summed E-state index contributed by atoms with van der Waals surface area (Å²) in [5.41, 5.74) is 4.17. The average molecular weight is 463 g/mol. The zero-order valence-corrected chi connectivity index (χ0v) is 20.2. The number of hydrogen-bond acceptors (Lipinski definition) is 6. The van der Waals surface area contributed by atoms with Crippen LogP contribution in [0.15, 0.2) is 30.5 Å². The molecule has 0 radical (unpaired) electrons. The molecule has 2 amide bonds. The van der Waals surface area contributed by atoms with Gasteiger partial charge in [-0.15, -0.1) is 0 Å². The highest BCUT2D eigenvalue weighted by atomic mass is 16.2. The fraction of sp³-hybridized carbons (Fsp3) is 0.520. The van der Waals surface area contributed by atoms with Crippen molar-refractivity contribution in [2.45, 2.75) is 51.1 Å². The van der Waals surface area contributed by atoms with E-state index in [4.69, 9.17) is 4.98 Å². The Labute approximate surface area is 200 Å². The van der Waals surface area contributed by atoms with Gasteiger partial charge in [-0.25, -0.2) is 14.8 Å². The fourth-order valence-electron chi connectivity index (χ4n) is 5.21. The maximum atomic E-state index is 12.5. The molecule has 180 valence electrons. The summed E-state index contributed by atoms with van der Waals surface area (Å²) >= 11 is 0. The summed E-state index contributed by atoms with van der Waals surface area (Å²) in [4.78, 5) is 23.7. The molecule has 1 saturated heterocycles. The first-order valence-corrected chi connectivity index (χ1v) is 12.3. The van der Waals surface area contributed by atoms with E-state index in [1.54, 1.807) is 6.20 Å². The highest BCUT2D eigenvalue weighted by Crippen LogP contribution is 2.29. The van der Waals surface area contributed by atoms with Crippen LogP contribution in [0.1, 0.15) is 44.7 Å². The van der Waals surface area contributed by atoms with Crippen LogP contribution in [0.2, 0.25) is 0 Å². The average Bonchev–Trinajstić information content (AvgIpc) is 3.41. The van der Waals surface area contributed by atoms with Crippen LogP contribution < -0.4 is 16.0 Å². The van der Waals surface area contributed by atoms with Crippen molar-refractivity contribution >= 4 is 22.9 Å². The number of benzene rings is 1. The molecule has 0 spiro atoms. The van der Waals surface area contributed by atoms with Gasteiger partial charge in [0.1, 0.15) is 0 Å². The Morgan fingerprint density at radius 1 is 1.15 bits per heavy atom. The lowest BCUT2D eigenvalue weighted by molar-refractivity contribution is 0.186. The quantitative estimate of drug-likeness (QED) is 0.539. The molecule has 2 fully saturated rings. The highest BCUT2D eigenvalue weighted by molar-refractivity contribution is 5.86. The number of aromatic nitrogens is 4. The van der Waals surface area contributed by atoms with Crippen molar-refractivity contribution in [3.05, 3.63) is 36.2 Å². The monoisotopic (exact) mass is 462 g/mol. The fourth-order valence-corrected chi connectivity index (χ4v) is 5.21. The van der Waals surface area contributed by atoms with Gasteiger partial charge < -0.3 is 20.9 Å². The van der Waals surface area contributed by atoms with Gasteiger partial charge in [0.15, 0.2) is 0 Å². The number of carbonyl (C=O) groups excluding carboxylic acids is 1. The van der Waals surface area contributed by atoms with Crippen molar-refractivity contribution in [1.29, 1.82) is 0 Å². The molecule has 3 aromatic rings. The molecule has 0 unspecified atom stereocenters. The Balaban J connectivity index is 1.25. The van der Waals surface area contributed by atoms with E-state index in [1.165, 1.54) is 11.1 Å². The molecule has 1 aromatic carbocycles. The van der Waals surface area contributed by atoms with Gasteiger partial charge in [0.2, 0.25) is 5.95 Å². The number of fused-ring (bicyclic) bond motifs is 1. The van der Waals surface area contributed by atoms with Gasteiger partial charge in [0.25, 0.3) is 0 Å². The van der Waals surface area contributed by atoms with E-state index < -0.39 is 0 Å². The number of nitrogens with zero attached hydrogens (tertiary/aromatic N) is 5. The van der Waals surface area contributed by atoms with Crippen molar-refractivity contribution in [2.75, 3.05) is 31.5 Å². The largest absolute Gasteiger partial charge is 0.351 e. The van der Waals surface area contributed by atoms with Crippen LogP contribution in [-0.4, -0.2) is 68.9 Å². The van der Waals surface area contributed by atoms with Gasteiger partial charge in [0.05, 0.1) is 11.2 Å². The maximum Gasteiger partial charge on any atom is 0.317 e. The number of hydrogen-bond donors (Lipinski definition) is 3. The first-order chi connectivity index (χ1) is 16.5. The third-order valence-electron chi connectivity index (χ3n) is 6.87. The predicted octanol–water partition coefficient (Wildman–Crippen LogP) is 3.10. The molecule has 34 heavy (non-hydrogen) atoms. The van der Waals surface area contributed by atoms with Crippen molar-refractivity contribution in [3.63, 3.8) is 0 Å². The van der Waals surface area contributed by atoms with Crippen LogP contribution in [0, 0.1) is 0 Å². The van der Waals surface area contributed by atoms with Crippen molar-refractivity contribution < 1.29 is 4.79 Å². The van der Waals surface area contributed by atoms with Crippen molar-refractivity contribution in [2.24, 2.45) is 7.05 Å². The van der Waals surface area contributed by atoms with E-state index in [0.717, 1.165) is 62.2 Å². The molecule has 3 heterocycles. The molecule has 1 saturated carbocycles. The molecular formula is C25H34N8O. The van der Waals surface area contributed by atoms with Crippen LogP contribution in [0.5, 0.6) is 0 Å². The number of carbonyl (C=O) groups is 1. The van der Waals surface area contributed by atoms with Gasteiger partial charge >= 0.3 is 6.03 Å². The Hall–Kier alpha value is -3.20. The summed E-state index contributed by atoms with van der Waals surface area (Å²) in [5.74, 6) is 1.02. The smallest absolute Gasteiger partial charge is 0.317 e. The minimum Gasteiger partial charge on any atom is -0.351 e. The molecule has 1 aliphatic carbocycles. The van der Waals surface area contributed by atoms with Crippen LogP contribution in [0.3, 0.4) is 0 Å². The number of aryl methyl sites for hydroxylation is 1. The minimum atomic E-state index is 0.0527. The second kappa shape index (κ2) is 9.58. The molecule has 2 aromatic heterocycles. The molecule has 1 aliphatic heterocycles. The lowest BCUT2D eigenvalue weighted by Gasteiger charge is -2.29. The Morgan fingerprint density at radius 2 is 1.94 bits per heavy atom. The molecule has 5 rings (SSSR count). The highest BCUT2D eigenvalue weighted by Gasteiger charge is 2.28. The number of nitrogens with one attached hydrogen (secondary N) is 3. The summed E-state index contributed by atoms with van der Waals surface area (Å²) in [6.07, 6.45) is 4.63. The molecule has 9 heteroatoms. The maximum absolute atomic E-state index is 12.5. The molecule has 2 aliphatic rings. The zero-order chi connectivity index (χ0) is 23.7. The van der Waals surface area contributed by atoms with Crippen molar-refractivity contribution in [1.82, 2.24) is 35.3 Å².